The van der Waals surface area contributed by atoms with Crippen molar-refractivity contribution in [3.05, 3.63) is 48.1 Å². The molecule has 0 fully saturated rings. The van der Waals surface area contributed by atoms with E-state index in [0.717, 1.165) is 12.2 Å². The van der Waals surface area contributed by atoms with Gasteiger partial charge in [0.15, 0.2) is 0 Å². The fraction of sp³-hybridized carbons (Fsp3) is 0.375. The Morgan fingerprint density at radius 3 is 1.36 bits per heavy atom. The van der Waals surface area contributed by atoms with Crippen LogP contribution in [0, 0.1) is 11.5 Å². The molecule has 22 heavy (non-hydrogen) atoms. The summed E-state index contributed by atoms with van der Waals surface area (Å²) in [4.78, 5) is 18.5. The summed E-state index contributed by atoms with van der Waals surface area (Å²) < 4.78 is 0. The second kappa shape index (κ2) is 13.6. The van der Waals surface area contributed by atoms with E-state index < -0.39 is 11.9 Å². The first kappa shape index (κ1) is 29.0. The van der Waals surface area contributed by atoms with Crippen molar-refractivity contribution in [2.45, 2.75) is 34.6 Å². The molecular weight excluding hydrogens is 339 g/mol. The summed E-state index contributed by atoms with van der Waals surface area (Å²) in [6.07, 6.45) is 5.10. The van der Waals surface area contributed by atoms with E-state index in [4.69, 9.17) is 10.2 Å². The standard InChI is InChI=1S/C10H15.2C3H4O2.ClH.Ti/c1-7-6-10(4,5)9(3)8(7)2;2*1-2-3(4)5;;/h1-5H3;2*2H,1H2,(H,4,5);1H;/q-1;;;;. The number of aliphatic carboxylic acids is 2. The molecular formula is C16H24ClO4Ti-. The maximum absolute atomic E-state index is 9.25. The van der Waals surface area contributed by atoms with Gasteiger partial charge in [-0.25, -0.2) is 15.2 Å². The zero-order valence-electron chi connectivity index (χ0n) is 13.7. The van der Waals surface area contributed by atoms with Crippen molar-refractivity contribution in [3.63, 3.8) is 0 Å². The molecule has 6 heteroatoms. The molecule has 2 N–H and O–H groups in total. The van der Waals surface area contributed by atoms with Crippen molar-refractivity contribution in [2.75, 3.05) is 0 Å². The fourth-order valence-corrected chi connectivity index (χ4v) is 1.41. The summed E-state index contributed by atoms with van der Waals surface area (Å²) in [6, 6.07) is 0. The summed E-state index contributed by atoms with van der Waals surface area (Å²) in [5, 5.41) is 15.2. The van der Waals surface area contributed by atoms with Crippen LogP contribution in [-0.4, -0.2) is 22.2 Å². The summed E-state index contributed by atoms with van der Waals surface area (Å²) in [7, 11) is 0. The maximum atomic E-state index is 9.25. The average molecular weight is 364 g/mol. The Hall–Kier alpha value is -1.10. The molecule has 0 aromatic carbocycles. The molecule has 0 radical (unpaired) electrons. The molecule has 0 heterocycles. The van der Waals surface area contributed by atoms with Crippen molar-refractivity contribution in [3.8, 4) is 0 Å². The van der Waals surface area contributed by atoms with E-state index in [1.165, 1.54) is 16.7 Å². The minimum Gasteiger partial charge on any atom is -0.478 e. The van der Waals surface area contributed by atoms with Crippen molar-refractivity contribution in [1.82, 2.24) is 0 Å². The second-order valence-corrected chi connectivity index (χ2v) is 4.71. The number of hydrogen-bond donors (Lipinski definition) is 2. The van der Waals surface area contributed by atoms with Crippen LogP contribution in [0.15, 0.2) is 42.0 Å². The van der Waals surface area contributed by atoms with Crippen LogP contribution in [-0.2, 0) is 31.3 Å². The monoisotopic (exact) mass is 363 g/mol. The summed E-state index contributed by atoms with van der Waals surface area (Å²) in [5.74, 6) is -1.96. The van der Waals surface area contributed by atoms with Crippen LogP contribution in [0.3, 0.4) is 0 Å². The third kappa shape index (κ3) is 12.6. The number of allylic oxidation sites excluding steroid dienone is 4. The zero-order chi connectivity index (χ0) is 16.5. The van der Waals surface area contributed by atoms with E-state index in [0.29, 0.717) is 0 Å². The van der Waals surface area contributed by atoms with Crippen LogP contribution < -0.4 is 0 Å². The SMILES string of the molecule is C=CC(=O)O.C=CC(=O)O.CC1=[C-]C(C)(C)C(C)=C1C.Cl.[Ti]. The first-order chi connectivity index (χ1) is 8.99. The van der Waals surface area contributed by atoms with Crippen LogP contribution in [0.5, 0.6) is 0 Å². The smallest absolute Gasteiger partial charge is 0.327 e. The normalized spacial score (nSPS) is 13.6. The van der Waals surface area contributed by atoms with Gasteiger partial charge in [-0.2, -0.15) is 11.1 Å². The van der Waals surface area contributed by atoms with Crippen molar-refractivity contribution >= 4 is 24.3 Å². The predicted octanol–water partition coefficient (Wildman–Crippen LogP) is 4.05. The van der Waals surface area contributed by atoms with Gasteiger partial charge in [-0.05, 0) is 0 Å². The number of carbonyl (C=O) groups is 2. The molecule has 4 nitrogen and oxygen atoms in total. The first-order valence-corrected chi connectivity index (χ1v) is 6.00. The number of halogens is 1. The van der Waals surface area contributed by atoms with Crippen LogP contribution >= 0.6 is 12.4 Å². The molecule has 0 aromatic heterocycles. The maximum Gasteiger partial charge on any atom is 0.327 e. The van der Waals surface area contributed by atoms with Gasteiger partial charge in [0.1, 0.15) is 0 Å². The van der Waals surface area contributed by atoms with Gasteiger partial charge >= 0.3 is 11.9 Å². The van der Waals surface area contributed by atoms with E-state index in [9.17, 15) is 9.59 Å². The molecule has 0 saturated carbocycles. The molecule has 0 spiro atoms. The summed E-state index contributed by atoms with van der Waals surface area (Å²) in [5.41, 5.74) is 4.39. The molecule has 1 aliphatic carbocycles. The molecule has 0 unspecified atom stereocenters. The van der Waals surface area contributed by atoms with Crippen LogP contribution in [0.1, 0.15) is 34.6 Å². The van der Waals surface area contributed by atoms with Crippen LogP contribution in [0.4, 0.5) is 0 Å². The fourth-order valence-electron chi connectivity index (χ4n) is 1.41. The summed E-state index contributed by atoms with van der Waals surface area (Å²) >= 11 is 0. The number of hydrogen-bond acceptors (Lipinski definition) is 2. The van der Waals surface area contributed by atoms with Crippen LogP contribution in [0.25, 0.3) is 0 Å². The third-order valence-electron chi connectivity index (χ3n) is 2.91. The zero-order valence-corrected chi connectivity index (χ0v) is 16.1. The molecule has 1 rings (SSSR count). The number of carboxylic acid groups (broad SMARTS) is 2. The molecule has 0 atom stereocenters. The van der Waals surface area contributed by atoms with E-state index in [2.05, 4.69) is 53.9 Å². The quantitative estimate of drug-likeness (QED) is 0.441. The molecule has 0 bridgehead atoms. The number of rotatable bonds is 2. The van der Waals surface area contributed by atoms with Crippen molar-refractivity contribution in [2.24, 2.45) is 5.41 Å². The first-order valence-electron chi connectivity index (χ1n) is 6.00. The van der Waals surface area contributed by atoms with Crippen molar-refractivity contribution < 1.29 is 41.5 Å². The Balaban J connectivity index is -0.000000117. The molecule has 0 aliphatic heterocycles. The van der Waals surface area contributed by atoms with Crippen molar-refractivity contribution in [1.29, 1.82) is 0 Å². The second-order valence-electron chi connectivity index (χ2n) is 4.71. The average Bonchev–Trinajstić information content (AvgIpc) is 2.53. The third-order valence-corrected chi connectivity index (χ3v) is 2.91. The Morgan fingerprint density at radius 2 is 1.32 bits per heavy atom. The largest absolute Gasteiger partial charge is 0.478 e. The Labute approximate surface area is 154 Å². The van der Waals surface area contributed by atoms with Gasteiger partial charge < -0.3 is 10.2 Å². The predicted molar refractivity (Wildman–Crippen MR) is 87.5 cm³/mol. The summed E-state index contributed by atoms with van der Waals surface area (Å²) in [6.45, 7) is 16.8. The Morgan fingerprint density at radius 1 is 1.05 bits per heavy atom. The van der Waals surface area contributed by atoms with E-state index in [1.54, 1.807) is 0 Å². The molecule has 0 saturated heterocycles. The van der Waals surface area contributed by atoms with Gasteiger partial charge in [0.25, 0.3) is 0 Å². The molecule has 124 valence electrons. The molecule has 1 aliphatic rings. The van der Waals surface area contributed by atoms with Crippen LogP contribution in [0.2, 0.25) is 0 Å². The van der Waals surface area contributed by atoms with E-state index >= 15 is 0 Å². The van der Waals surface area contributed by atoms with E-state index in [1.807, 2.05) is 0 Å². The van der Waals surface area contributed by atoms with Gasteiger partial charge in [-0.15, -0.1) is 19.3 Å². The number of carboxylic acids is 2. The Kier molecular flexibility index (Phi) is 17.9. The van der Waals surface area contributed by atoms with Gasteiger partial charge in [0.05, 0.1) is 0 Å². The Bertz CT molecular complexity index is 445. The van der Waals surface area contributed by atoms with E-state index in [-0.39, 0.29) is 39.5 Å². The topological polar surface area (TPSA) is 74.6 Å². The van der Waals surface area contributed by atoms with Gasteiger partial charge in [0.2, 0.25) is 0 Å². The molecule has 0 aromatic rings. The minimum atomic E-state index is -0.981. The minimum absolute atomic E-state index is 0. The van der Waals surface area contributed by atoms with Gasteiger partial charge in [0, 0.05) is 33.9 Å². The van der Waals surface area contributed by atoms with Gasteiger partial charge in [-0.3, -0.25) is 6.08 Å². The molecule has 0 amide bonds. The van der Waals surface area contributed by atoms with Gasteiger partial charge in [-0.1, -0.05) is 46.3 Å².